The summed E-state index contributed by atoms with van der Waals surface area (Å²) in [4.78, 5) is 33.8. The monoisotopic (exact) mass is 478 g/mol. The summed E-state index contributed by atoms with van der Waals surface area (Å²) in [5.74, 6) is 1.50. The second-order valence-corrected chi connectivity index (χ2v) is 9.15. The molecule has 0 radical (unpaired) electrons. The Balaban J connectivity index is 1.11. The van der Waals surface area contributed by atoms with Gasteiger partial charge in [-0.2, -0.15) is 0 Å². The number of benzene rings is 2. The van der Waals surface area contributed by atoms with Crippen LogP contribution in [0.1, 0.15) is 0 Å². The van der Waals surface area contributed by atoms with Gasteiger partial charge in [0.1, 0.15) is 6.61 Å². The van der Waals surface area contributed by atoms with E-state index in [1.807, 2.05) is 71.2 Å². The van der Waals surface area contributed by atoms with Crippen LogP contribution in [0, 0.1) is 0 Å². The van der Waals surface area contributed by atoms with Gasteiger partial charge < -0.3 is 23.8 Å². The van der Waals surface area contributed by atoms with Crippen LogP contribution in [0.15, 0.2) is 66.0 Å². The predicted molar refractivity (Wildman–Crippen MR) is 129 cm³/mol. The van der Waals surface area contributed by atoms with E-state index < -0.39 is 6.10 Å². The third kappa shape index (κ3) is 4.61. The fraction of sp³-hybridized carbons (Fsp3) is 0.320. The summed E-state index contributed by atoms with van der Waals surface area (Å²) in [6, 6.07) is 17.4. The first-order valence-corrected chi connectivity index (χ1v) is 12.2. The van der Waals surface area contributed by atoms with Crippen LogP contribution in [0.5, 0.6) is 11.5 Å². The minimum Gasteiger partial charge on any atom is -0.485 e. The number of fused-ring (bicyclic) bond motifs is 1. The number of thioether (sulfide) groups is 1. The second-order valence-electron chi connectivity index (χ2n) is 8.21. The number of aromatic nitrogens is 2. The quantitative estimate of drug-likeness (QED) is 0.525. The Morgan fingerprint density at radius 1 is 0.971 bits per heavy atom. The average molecular weight is 479 g/mol. The number of imidazole rings is 1. The van der Waals surface area contributed by atoms with Gasteiger partial charge in [-0.05, 0) is 17.7 Å². The van der Waals surface area contributed by atoms with Gasteiger partial charge >= 0.3 is 0 Å². The number of hydrogen-bond acceptors (Lipinski definition) is 6. The van der Waals surface area contributed by atoms with Gasteiger partial charge in [0.15, 0.2) is 16.7 Å². The minimum atomic E-state index is -0.657. The Morgan fingerprint density at radius 2 is 1.65 bits per heavy atom. The number of amides is 2. The van der Waals surface area contributed by atoms with Crippen molar-refractivity contribution in [2.24, 2.45) is 7.05 Å². The zero-order valence-electron chi connectivity index (χ0n) is 18.9. The van der Waals surface area contributed by atoms with Crippen molar-refractivity contribution in [3.63, 3.8) is 0 Å². The van der Waals surface area contributed by atoms with Crippen molar-refractivity contribution < 1.29 is 19.1 Å². The summed E-state index contributed by atoms with van der Waals surface area (Å²) in [5.41, 5.74) is 2.10. The maximum absolute atomic E-state index is 12.9. The molecule has 176 valence electrons. The molecule has 34 heavy (non-hydrogen) atoms. The molecule has 0 spiro atoms. The normalized spacial score (nSPS) is 17.5. The van der Waals surface area contributed by atoms with Crippen LogP contribution in [0.3, 0.4) is 0 Å². The first-order chi connectivity index (χ1) is 16.6. The van der Waals surface area contributed by atoms with E-state index in [1.54, 1.807) is 11.0 Å². The zero-order chi connectivity index (χ0) is 23.5. The largest absolute Gasteiger partial charge is 0.485 e. The summed E-state index contributed by atoms with van der Waals surface area (Å²) < 4.78 is 13.5. The molecule has 5 rings (SSSR count). The highest BCUT2D eigenvalue weighted by Gasteiger charge is 2.33. The van der Waals surface area contributed by atoms with Crippen molar-refractivity contribution in [3.8, 4) is 22.8 Å². The minimum absolute atomic E-state index is 0.0486. The molecule has 1 fully saturated rings. The maximum Gasteiger partial charge on any atom is 0.267 e. The third-order valence-corrected chi connectivity index (χ3v) is 7.10. The molecule has 2 aromatic carbocycles. The van der Waals surface area contributed by atoms with Crippen LogP contribution in [0.2, 0.25) is 0 Å². The number of rotatable bonds is 5. The predicted octanol–water partition coefficient (Wildman–Crippen LogP) is 2.69. The van der Waals surface area contributed by atoms with Crippen LogP contribution < -0.4 is 9.47 Å². The van der Waals surface area contributed by atoms with Crippen LogP contribution >= 0.6 is 11.8 Å². The van der Waals surface area contributed by atoms with E-state index in [9.17, 15) is 9.59 Å². The standard InChI is InChI=1S/C25H26N4O4S/c1-27-19(18-7-3-2-4-8-18)15-26-25(27)34-17-23(30)28-11-13-29(14-12-28)24(31)22-16-32-20-9-5-6-10-21(20)33-22/h2-10,15,22H,11-14,16-17H2,1H3/t22-/m1/s1. The lowest BCUT2D eigenvalue weighted by Crippen LogP contribution is -2.55. The average Bonchev–Trinajstić information content (AvgIpc) is 3.27. The first-order valence-electron chi connectivity index (χ1n) is 11.2. The first kappa shape index (κ1) is 22.3. The van der Waals surface area contributed by atoms with E-state index in [2.05, 4.69) is 4.98 Å². The molecule has 1 atom stereocenters. The van der Waals surface area contributed by atoms with E-state index >= 15 is 0 Å². The fourth-order valence-corrected chi connectivity index (χ4v) is 5.00. The van der Waals surface area contributed by atoms with Gasteiger partial charge in [0.25, 0.3) is 5.91 Å². The second kappa shape index (κ2) is 9.80. The van der Waals surface area contributed by atoms with Gasteiger partial charge in [-0.1, -0.05) is 54.2 Å². The van der Waals surface area contributed by atoms with Crippen molar-refractivity contribution in [3.05, 3.63) is 60.8 Å². The number of piperazine rings is 1. The van der Waals surface area contributed by atoms with Gasteiger partial charge in [0.05, 0.1) is 17.6 Å². The van der Waals surface area contributed by atoms with Crippen LogP contribution in [-0.4, -0.2) is 75.8 Å². The van der Waals surface area contributed by atoms with Crippen molar-refractivity contribution in [2.75, 3.05) is 38.5 Å². The molecule has 3 heterocycles. The summed E-state index contributed by atoms with van der Waals surface area (Å²) in [6.45, 7) is 2.17. The van der Waals surface area contributed by atoms with E-state index in [1.165, 1.54) is 11.8 Å². The van der Waals surface area contributed by atoms with E-state index in [0.717, 1.165) is 16.4 Å². The number of nitrogens with zero attached hydrogens (tertiary/aromatic N) is 4. The van der Waals surface area contributed by atoms with Crippen molar-refractivity contribution in [2.45, 2.75) is 11.3 Å². The Kier molecular flexibility index (Phi) is 6.44. The molecule has 9 heteroatoms. The molecule has 0 unspecified atom stereocenters. The van der Waals surface area contributed by atoms with Crippen LogP contribution in [-0.2, 0) is 16.6 Å². The van der Waals surface area contributed by atoms with Gasteiger partial charge in [-0.25, -0.2) is 4.98 Å². The number of carbonyl (C=O) groups excluding carboxylic acids is 2. The molecular formula is C25H26N4O4S. The van der Waals surface area contributed by atoms with E-state index in [-0.39, 0.29) is 18.4 Å². The highest BCUT2D eigenvalue weighted by molar-refractivity contribution is 7.99. The van der Waals surface area contributed by atoms with E-state index in [0.29, 0.717) is 43.4 Å². The summed E-state index contributed by atoms with van der Waals surface area (Å²) in [6.07, 6.45) is 1.18. The van der Waals surface area contributed by atoms with Crippen molar-refractivity contribution >= 4 is 23.6 Å². The molecule has 2 amide bonds. The Hall–Kier alpha value is -3.46. The number of carbonyl (C=O) groups is 2. The Bertz CT molecular complexity index is 1170. The molecule has 8 nitrogen and oxygen atoms in total. The van der Waals surface area contributed by atoms with Gasteiger partial charge in [0, 0.05) is 33.2 Å². The molecule has 1 aromatic heterocycles. The SMILES string of the molecule is Cn1c(-c2ccccc2)cnc1SCC(=O)N1CCN(C(=O)[C@H]2COc3ccccc3O2)CC1. The topological polar surface area (TPSA) is 76.9 Å². The third-order valence-electron chi connectivity index (χ3n) is 6.07. The highest BCUT2D eigenvalue weighted by atomic mass is 32.2. The molecule has 0 aliphatic carbocycles. The lowest BCUT2D eigenvalue weighted by atomic mass is 10.2. The Morgan fingerprint density at radius 3 is 2.41 bits per heavy atom. The highest BCUT2D eigenvalue weighted by Crippen LogP contribution is 2.31. The fourth-order valence-electron chi connectivity index (χ4n) is 4.14. The number of para-hydroxylation sites is 2. The smallest absolute Gasteiger partial charge is 0.267 e. The van der Waals surface area contributed by atoms with Crippen molar-refractivity contribution in [1.29, 1.82) is 0 Å². The maximum atomic E-state index is 12.9. The number of hydrogen-bond donors (Lipinski definition) is 0. The van der Waals surface area contributed by atoms with Gasteiger partial charge in [0.2, 0.25) is 12.0 Å². The lowest BCUT2D eigenvalue weighted by Gasteiger charge is -2.37. The molecule has 0 saturated carbocycles. The number of ether oxygens (including phenoxy) is 2. The molecule has 2 aliphatic heterocycles. The summed E-state index contributed by atoms with van der Waals surface area (Å²) in [7, 11) is 1.96. The Labute approximate surface area is 202 Å². The summed E-state index contributed by atoms with van der Waals surface area (Å²) >= 11 is 1.43. The molecule has 3 aromatic rings. The molecule has 0 bridgehead atoms. The zero-order valence-corrected chi connectivity index (χ0v) is 19.7. The molecule has 2 aliphatic rings. The van der Waals surface area contributed by atoms with Gasteiger partial charge in [-0.15, -0.1) is 0 Å². The van der Waals surface area contributed by atoms with E-state index in [4.69, 9.17) is 9.47 Å². The molecule has 0 N–H and O–H groups in total. The van der Waals surface area contributed by atoms with Gasteiger partial charge in [-0.3, -0.25) is 9.59 Å². The van der Waals surface area contributed by atoms with Crippen LogP contribution in [0.25, 0.3) is 11.3 Å². The lowest BCUT2D eigenvalue weighted by molar-refractivity contribution is -0.145. The summed E-state index contributed by atoms with van der Waals surface area (Å²) in [5, 5.41) is 0.802. The molecule has 1 saturated heterocycles. The molecular weight excluding hydrogens is 452 g/mol. The van der Waals surface area contributed by atoms with Crippen molar-refractivity contribution in [1.82, 2.24) is 19.4 Å². The van der Waals surface area contributed by atoms with Crippen LogP contribution in [0.4, 0.5) is 0 Å².